The van der Waals surface area contributed by atoms with Crippen molar-refractivity contribution in [3.05, 3.63) is 29.8 Å². The number of hydrogen-bond donors (Lipinski definition) is 2. The summed E-state index contributed by atoms with van der Waals surface area (Å²) >= 11 is 0. The Kier molecular flexibility index (Phi) is 4.59. The van der Waals surface area contributed by atoms with Gasteiger partial charge in [-0.1, -0.05) is 0 Å². The molecule has 25 heavy (non-hydrogen) atoms. The first-order valence-corrected chi connectivity index (χ1v) is 9.68. The second-order valence-electron chi connectivity index (χ2n) is 8.62. The topological polar surface area (TPSA) is 58.6 Å². The average Bonchev–Trinajstić information content (AvgIpc) is 2.57. The predicted octanol–water partition coefficient (Wildman–Crippen LogP) is 3.19. The van der Waals surface area contributed by atoms with Crippen LogP contribution in [0, 0.1) is 17.8 Å². The number of ether oxygens (including phenoxy) is 1. The third kappa shape index (κ3) is 3.75. The van der Waals surface area contributed by atoms with Crippen molar-refractivity contribution in [2.24, 2.45) is 17.8 Å². The van der Waals surface area contributed by atoms with Crippen LogP contribution in [0.25, 0.3) is 0 Å². The lowest BCUT2D eigenvalue weighted by atomic mass is 9.53. The van der Waals surface area contributed by atoms with Gasteiger partial charge in [0.25, 0.3) is 0 Å². The van der Waals surface area contributed by atoms with Gasteiger partial charge in [-0.2, -0.15) is 0 Å². The lowest BCUT2D eigenvalue weighted by Gasteiger charge is -2.57. The Morgan fingerprint density at radius 1 is 1.16 bits per heavy atom. The molecule has 4 saturated carbocycles. The Morgan fingerprint density at radius 2 is 1.72 bits per heavy atom. The van der Waals surface area contributed by atoms with E-state index >= 15 is 0 Å². The number of carbonyl (C=O) groups is 1. The third-order valence-corrected chi connectivity index (χ3v) is 6.45. The van der Waals surface area contributed by atoms with E-state index in [0.717, 1.165) is 17.8 Å². The van der Waals surface area contributed by atoms with Crippen LogP contribution in [0.3, 0.4) is 0 Å². The molecular formula is C21H29NO3. The Morgan fingerprint density at radius 3 is 2.24 bits per heavy atom. The van der Waals surface area contributed by atoms with Gasteiger partial charge in [0.2, 0.25) is 0 Å². The minimum Gasteiger partial charge on any atom is -0.491 e. The van der Waals surface area contributed by atoms with E-state index in [1.54, 1.807) is 31.2 Å². The molecule has 4 nitrogen and oxygen atoms in total. The first kappa shape index (κ1) is 17.0. The van der Waals surface area contributed by atoms with Crippen molar-refractivity contribution in [1.29, 1.82) is 0 Å². The molecule has 0 spiro atoms. The summed E-state index contributed by atoms with van der Waals surface area (Å²) in [4.78, 5) is 11.3. The molecule has 4 aliphatic rings. The largest absolute Gasteiger partial charge is 0.491 e. The monoisotopic (exact) mass is 343 g/mol. The van der Waals surface area contributed by atoms with Crippen molar-refractivity contribution >= 4 is 5.78 Å². The van der Waals surface area contributed by atoms with Crippen molar-refractivity contribution < 1.29 is 14.6 Å². The maximum absolute atomic E-state index is 11.3. The predicted molar refractivity (Wildman–Crippen MR) is 96.9 cm³/mol. The maximum Gasteiger partial charge on any atom is 0.159 e. The number of aliphatic hydroxyl groups excluding tert-OH is 1. The highest BCUT2D eigenvalue weighted by Crippen LogP contribution is 2.55. The molecule has 1 aromatic rings. The van der Waals surface area contributed by atoms with Crippen molar-refractivity contribution in [3.63, 3.8) is 0 Å². The molecule has 4 aliphatic carbocycles. The molecule has 1 aromatic carbocycles. The van der Waals surface area contributed by atoms with Gasteiger partial charge in [0, 0.05) is 17.6 Å². The summed E-state index contributed by atoms with van der Waals surface area (Å²) in [5.41, 5.74) is 0.954. The normalized spacial score (nSPS) is 34.1. The SMILES string of the molecule is CC(=O)c1ccc(OCC(O)CNC23CC4CC(CC(C4)C2)C3)cc1. The first-order chi connectivity index (χ1) is 12.0. The molecule has 0 aromatic heterocycles. The van der Waals surface area contributed by atoms with E-state index in [4.69, 9.17) is 4.74 Å². The fourth-order valence-electron chi connectivity index (χ4n) is 5.70. The highest BCUT2D eigenvalue weighted by atomic mass is 16.5. The fourth-order valence-corrected chi connectivity index (χ4v) is 5.70. The van der Waals surface area contributed by atoms with Gasteiger partial charge in [-0.3, -0.25) is 4.79 Å². The summed E-state index contributed by atoms with van der Waals surface area (Å²) in [5, 5.41) is 14.0. The van der Waals surface area contributed by atoms with Gasteiger partial charge in [0.05, 0.1) is 0 Å². The summed E-state index contributed by atoms with van der Waals surface area (Å²) < 4.78 is 5.67. The number of carbonyl (C=O) groups excluding carboxylic acids is 1. The zero-order valence-electron chi connectivity index (χ0n) is 15.0. The van der Waals surface area contributed by atoms with E-state index in [0.29, 0.717) is 17.9 Å². The number of hydrogen-bond acceptors (Lipinski definition) is 4. The number of aliphatic hydroxyl groups is 1. The molecule has 0 heterocycles. The second kappa shape index (κ2) is 6.73. The standard InChI is InChI=1S/C21H29NO3/c1-14(23)18-2-4-20(5-3-18)25-13-19(24)12-22-21-9-15-6-16(10-21)8-17(7-15)11-21/h2-5,15-17,19,22,24H,6-13H2,1H3. The van der Waals surface area contributed by atoms with Gasteiger partial charge in [-0.25, -0.2) is 0 Å². The van der Waals surface area contributed by atoms with Crippen LogP contribution in [0.4, 0.5) is 0 Å². The van der Waals surface area contributed by atoms with E-state index in [1.807, 2.05) is 0 Å². The molecule has 4 fully saturated rings. The molecule has 136 valence electrons. The van der Waals surface area contributed by atoms with Gasteiger partial charge in [0.15, 0.2) is 5.78 Å². The number of rotatable bonds is 7. The third-order valence-electron chi connectivity index (χ3n) is 6.45. The van der Waals surface area contributed by atoms with Gasteiger partial charge in [0.1, 0.15) is 18.5 Å². The second-order valence-corrected chi connectivity index (χ2v) is 8.62. The Labute approximate surface area is 150 Å². The van der Waals surface area contributed by atoms with Crippen LogP contribution in [0.5, 0.6) is 5.75 Å². The van der Waals surface area contributed by atoms with Gasteiger partial charge >= 0.3 is 0 Å². The average molecular weight is 343 g/mol. The van der Waals surface area contributed by atoms with Crippen LogP contribution < -0.4 is 10.1 Å². The van der Waals surface area contributed by atoms with Crippen LogP contribution in [0.15, 0.2) is 24.3 Å². The number of β-amino-alcohol motifs (C(OH)–C–C–N with tert-alkyl or cyclic N) is 1. The van der Waals surface area contributed by atoms with Crippen molar-refractivity contribution in [3.8, 4) is 5.75 Å². The van der Waals surface area contributed by atoms with Crippen LogP contribution in [0.1, 0.15) is 55.8 Å². The smallest absolute Gasteiger partial charge is 0.159 e. The molecule has 0 saturated heterocycles. The van der Waals surface area contributed by atoms with Crippen molar-refractivity contribution in [1.82, 2.24) is 5.32 Å². The molecule has 1 atom stereocenters. The van der Waals surface area contributed by atoms with Gasteiger partial charge in [-0.05, 0) is 87.5 Å². The van der Waals surface area contributed by atoms with E-state index in [1.165, 1.54) is 38.5 Å². The van der Waals surface area contributed by atoms with E-state index < -0.39 is 6.10 Å². The Bertz CT molecular complexity index is 589. The summed E-state index contributed by atoms with van der Waals surface area (Å²) in [6.45, 7) is 2.42. The van der Waals surface area contributed by atoms with Crippen molar-refractivity contribution in [2.75, 3.05) is 13.2 Å². The minimum absolute atomic E-state index is 0.0476. The van der Waals surface area contributed by atoms with E-state index in [-0.39, 0.29) is 17.9 Å². The Balaban J connectivity index is 1.25. The molecule has 4 bridgehead atoms. The molecule has 5 rings (SSSR count). The van der Waals surface area contributed by atoms with Crippen LogP contribution in [-0.4, -0.2) is 35.7 Å². The lowest BCUT2D eigenvalue weighted by Crippen LogP contribution is -2.59. The number of benzene rings is 1. The zero-order chi connectivity index (χ0) is 17.4. The summed E-state index contributed by atoms with van der Waals surface area (Å²) in [5.74, 6) is 3.47. The molecule has 0 aliphatic heterocycles. The van der Waals surface area contributed by atoms with Crippen LogP contribution >= 0.6 is 0 Å². The molecule has 1 unspecified atom stereocenters. The number of ketones is 1. The molecule has 0 amide bonds. The number of nitrogens with one attached hydrogen (secondary N) is 1. The fraction of sp³-hybridized carbons (Fsp3) is 0.667. The molecular weight excluding hydrogens is 314 g/mol. The van der Waals surface area contributed by atoms with E-state index in [2.05, 4.69) is 5.32 Å². The summed E-state index contributed by atoms with van der Waals surface area (Å²) in [6.07, 6.45) is 7.66. The van der Waals surface area contributed by atoms with Crippen LogP contribution in [0.2, 0.25) is 0 Å². The van der Waals surface area contributed by atoms with E-state index in [9.17, 15) is 9.90 Å². The molecule has 4 heteroatoms. The lowest BCUT2D eigenvalue weighted by molar-refractivity contribution is -0.0266. The first-order valence-electron chi connectivity index (χ1n) is 9.68. The zero-order valence-corrected chi connectivity index (χ0v) is 15.0. The number of Topliss-reactive ketones (excluding diaryl/α,β-unsaturated/α-hetero) is 1. The van der Waals surface area contributed by atoms with Gasteiger partial charge in [-0.15, -0.1) is 0 Å². The minimum atomic E-state index is -0.513. The Hall–Kier alpha value is -1.39. The van der Waals surface area contributed by atoms with Crippen molar-refractivity contribution in [2.45, 2.75) is 57.1 Å². The summed E-state index contributed by atoms with van der Waals surface area (Å²) in [7, 11) is 0. The highest BCUT2D eigenvalue weighted by Gasteiger charge is 2.50. The molecule has 2 N–H and O–H groups in total. The quantitative estimate of drug-likeness (QED) is 0.747. The van der Waals surface area contributed by atoms with Gasteiger partial charge < -0.3 is 15.2 Å². The van der Waals surface area contributed by atoms with Crippen LogP contribution in [-0.2, 0) is 0 Å². The summed E-state index contributed by atoms with van der Waals surface area (Å²) in [6, 6.07) is 7.10. The molecule has 0 radical (unpaired) electrons. The maximum atomic E-state index is 11.3. The highest BCUT2D eigenvalue weighted by molar-refractivity contribution is 5.94.